The van der Waals surface area contributed by atoms with Crippen molar-refractivity contribution in [3.05, 3.63) is 66.0 Å². The van der Waals surface area contributed by atoms with E-state index in [1.165, 1.54) is 0 Å². The van der Waals surface area contributed by atoms with Gasteiger partial charge in [-0.15, -0.1) is 0 Å². The Hall–Kier alpha value is -3.39. The van der Waals surface area contributed by atoms with E-state index in [1.54, 1.807) is 0 Å². The minimum Gasteiger partial charge on any atom is -0.475 e. The van der Waals surface area contributed by atoms with Crippen molar-refractivity contribution in [3.63, 3.8) is 0 Å². The Morgan fingerprint density at radius 2 is 1.38 bits per heavy atom. The number of aliphatic hydroxyl groups excluding tert-OH is 1. The van der Waals surface area contributed by atoms with Crippen LogP contribution in [0.15, 0.2) is 59.8 Å². The molecule has 0 radical (unpaired) electrons. The molecule has 0 saturated heterocycles. The fourth-order valence-corrected chi connectivity index (χ4v) is 3.82. The zero-order chi connectivity index (χ0) is 25.1. The Bertz CT molecular complexity index is 1250. The molecule has 0 atom stereocenters. The van der Waals surface area contributed by atoms with Crippen LogP contribution in [0.1, 0.15) is 11.1 Å². The molecule has 0 aliphatic carbocycles. The molecule has 182 valence electrons. The van der Waals surface area contributed by atoms with Gasteiger partial charge in [0.2, 0.25) is 5.88 Å². The maximum absolute atomic E-state index is 12.9. The van der Waals surface area contributed by atoms with Crippen LogP contribution in [0.25, 0.3) is 11.1 Å². The molecule has 2 N–H and O–H groups in total. The van der Waals surface area contributed by atoms with E-state index in [4.69, 9.17) is 9.84 Å². The number of nitrogens with one attached hydrogen (secondary N) is 1. The zero-order valence-corrected chi connectivity index (χ0v) is 17.7. The highest BCUT2D eigenvalue weighted by molar-refractivity contribution is 7.92. The van der Waals surface area contributed by atoms with Gasteiger partial charge in [0.15, 0.2) is 5.82 Å². The molecule has 7 nitrogen and oxygen atoms in total. The fraction of sp³-hybridized carbons (Fsp3) is 0.200. The van der Waals surface area contributed by atoms with E-state index in [0.717, 1.165) is 42.7 Å². The third-order valence-corrected chi connectivity index (χ3v) is 5.72. The van der Waals surface area contributed by atoms with Crippen LogP contribution in [0.4, 0.5) is 32.2 Å². The summed E-state index contributed by atoms with van der Waals surface area (Å²) in [6, 6.07) is 6.26. The maximum Gasteiger partial charge on any atom is 0.416 e. The lowest BCUT2D eigenvalue weighted by atomic mass is 10.1. The summed E-state index contributed by atoms with van der Waals surface area (Å²) >= 11 is 0. The van der Waals surface area contributed by atoms with Crippen LogP contribution in [-0.4, -0.2) is 36.7 Å². The monoisotopic (exact) mass is 507 g/mol. The van der Waals surface area contributed by atoms with Gasteiger partial charge in [0.25, 0.3) is 10.0 Å². The molecule has 0 spiro atoms. The number of alkyl halides is 6. The average Bonchev–Trinajstić information content (AvgIpc) is 2.76. The van der Waals surface area contributed by atoms with Gasteiger partial charge in [-0.05, 0) is 42.0 Å². The van der Waals surface area contributed by atoms with Crippen molar-refractivity contribution in [1.29, 1.82) is 0 Å². The third-order valence-electron chi connectivity index (χ3n) is 4.37. The molecule has 0 amide bonds. The molecule has 0 aliphatic heterocycles. The largest absolute Gasteiger partial charge is 0.475 e. The minimum atomic E-state index is -4.67. The fourth-order valence-electron chi connectivity index (χ4n) is 2.79. The van der Waals surface area contributed by atoms with Gasteiger partial charge >= 0.3 is 12.4 Å². The number of rotatable bonds is 7. The van der Waals surface area contributed by atoms with Gasteiger partial charge in [0.05, 0.1) is 28.2 Å². The van der Waals surface area contributed by atoms with Crippen LogP contribution in [0.5, 0.6) is 5.88 Å². The van der Waals surface area contributed by atoms with Gasteiger partial charge in [0.1, 0.15) is 12.9 Å². The molecule has 0 bridgehead atoms. The summed E-state index contributed by atoms with van der Waals surface area (Å²) in [7, 11) is -4.47. The molecule has 3 aromatic rings. The number of benzene rings is 2. The Labute approximate surface area is 189 Å². The Kier molecular flexibility index (Phi) is 7.02. The molecule has 2 aromatic carbocycles. The molecule has 14 heteroatoms. The lowest BCUT2D eigenvalue weighted by Crippen LogP contribution is -2.16. The highest BCUT2D eigenvalue weighted by atomic mass is 32.2. The summed E-state index contributed by atoms with van der Waals surface area (Å²) < 4.78 is 110. The number of hydrogen-bond donors (Lipinski definition) is 2. The summed E-state index contributed by atoms with van der Waals surface area (Å²) in [6.07, 6.45) is -8.38. The van der Waals surface area contributed by atoms with Crippen LogP contribution < -0.4 is 9.46 Å². The number of hydrogen-bond acceptors (Lipinski definition) is 6. The van der Waals surface area contributed by atoms with Crippen molar-refractivity contribution >= 4 is 15.8 Å². The molecule has 3 rings (SSSR count). The molecular formula is C20H15F6N3O4S. The normalized spacial score (nSPS) is 12.4. The van der Waals surface area contributed by atoms with Crippen LogP contribution in [-0.2, 0) is 22.4 Å². The van der Waals surface area contributed by atoms with Gasteiger partial charge in [-0.2, -0.15) is 26.3 Å². The minimum absolute atomic E-state index is 0.0478. The summed E-state index contributed by atoms with van der Waals surface area (Å²) in [5, 5.41) is 9.01. The van der Waals surface area contributed by atoms with E-state index in [-0.39, 0.29) is 23.6 Å². The van der Waals surface area contributed by atoms with E-state index in [2.05, 4.69) is 14.7 Å². The van der Waals surface area contributed by atoms with E-state index >= 15 is 0 Å². The van der Waals surface area contributed by atoms with Gasteiger partial charge in [-0.25, -0.2) is 18.4 Å². The van der Waals surface area contributed by atoms with Gasteiger partial charge < -0.3 is 9.84 Å². The molecule has 0 saturated carbocycles. The number of halogens is 6. The molecule has 0 unspecified atom stereocenters. The number of aliphatic hydroxyl groups is 1. The third kappa shape index (κ3) is 5.75. The van der Waals surface area contributed by atoms with E-state index in [9.17, 15) is 34.8 Å². The number of nitrogens with zero attached hydrogens (tertiary/aromatic N) is 2. The predicted molar refractivity (Wildman–Crippen MR) is 107 cm³/mol. The molecule has 0 aliphatic rings. The summed E-state index contributed by atoms with van der Waals surface area (Å²) in [6.45, 7) is -0.710. The first-order valence-electron chi connectivity index (χ1n) is 9.29. The summed E-state index contributed by atoms with van der Waals surface area (Å²) in [5.74, 6) is -0.642. The molecule has 1 heterocycles. The van der Waals surface area contributed by atoms with E-state index in [0.29, 0.717) is 12.1 Å². The van der Waals surface area contributed by atoms with Crippen molar-refractivity contribution < 1.29 is 44.6 Å². The highest BCUT2D eigenvalue weighted by Gasteiger charge is 2.32. The van der Waals surface area contributed by atoms with Gasteiger partial charge in [0, 0.05) is 0 Å². The van der Waals surface area contributed by atoms with Crippen molar-refractivity contribution in [2.45, 2.75) is 17.2 Å². The molecular weight excluding hydrogens is 492 g/mol. The lowest BCUT2D eigenvalue weighted by molar-refractivity contribution is -0.138. The SMILES string of the molecule is O=S(=O)(Nc1ncnc(OCCO)c1-c1ccc(C(F)(F)F)cc1)c1ccc(C(F)(F)F)cc1. The maximum atomic E-state index is 12.9. The van der Waals surface area contributed by atoms with E-state index in [1.807, 2.05) is 0 Å². The van der Waals surface area contributed by atoms with Crippen LogP contribution in [0.3, 0.4) is 0 Å². The van der Waals surface area contributed by atoms with Crippen molar-refractivity contribution in [2.75, 3.05) is 17.9 Å². The quantitative estimate of drug-likeness (QED) is 0.461. The molecule has 0 fully saturated rings. The van der Waals surface area contributed by atoms with Crippen LogP contribution in [0, 0.1) is 0 Å². The Balaban J connectivity index is 2.04. The standard InChI is InChI=1S/C20H15F6N3O4S/c21-19(22,23)13-3-1-12(2-4-13)16-17(27-11-28-18(16)33-10-9-30)29-34(31,32)15-7-5-14(6-8-15)20(24,25)26/h1-8,11,30H,9-10H2,(H,27,28,29). The average molecular weight is 507 g/mol. The highest BCUT2D eigenvalue weighted by Crippen LogP contribution is 2.37. The van der Waals surface area contributed by atoms with Crippen LogP contribution in [0.2, 0.25) is 0 Å². The summed E-state index contributed by atoms with van der Waals surface area (Å²) in [4.78, 5) is 7.14. The Morgan fingerprint density at radius 1 is 0.853 bits per heavy atom. The second kappa shape index (κ2) is 9.46. The zero-order valence-electron chi connectivity index (χ0n) is 16.9. The smallest absolute Gasteiger partial charge is 0.416 e. The van der Waals surface area contributed by atoms with Crippen LogP contribution >= 0.6 is 0 Å². The van der Waals surface area contributed by atoms with E-state index < -0.39 is 50.8 Å². The topological polar surface area (TPSA) is 101 Å². The molecule has 34 heavy (non-hydrogen) atoms. The predicted octanol–water partition coefficient (Wildman–Crippen LogP) is 4.35. The first kappa shape index (κ1) is 25.2. The van der Waals surface area contributed by atoms with Gasteiger partial charge in [-0.3, -0.25) is 4.72 Å². The number of sulfonamides is 1. The van der Waals surface area contributed by atoms with Crippen molar-refractivity contribution in [2.24, 2.45) is 0 Å². The number of aromatic nitrogens is 2. The first-order chi connectivity index (χ1) is 15.8. The number of anilines is 1. The second-order valence-electron chi connectivity index (χ2n) is 6.68. The van der Waals surface area contributed by atoms with Gasteiger partial charge in [-0.1, -0.05) is 12.1 Å². The summed E-state index contributed by atoms with van der Waals surface area (Å²) in [5.41, 5.74) is -2.11. The van der Waals surface area contributed by atoms with Crippen molar-refractivity contribution in [1.82, 2.24) is 9.97 Å². The molecule has 1 aromatic heterocycles. The number of ether oxygens (including phenoxy) is 1. The first-order valence-corrected chi connectivity index (χ1v) is 10.8. The lowest BCUT2D eigenvalue weighted by Gasteiger charge is -2.16. The second-order valence-corrected chi connectivity index (χ2v) is 8.36. The Morgan fingerprint density at radius 3 is 1.88 bits per heavy atom. The van der Waals surface area contributed by atoms with Crippen molar-refractivity contribution in [3.8, 4) is 17.0 Å².